The molecule has 5 nitrogen and oxygen atoms in total. The fraction of sp³-hybridized carbons (Fsp3) is 0.611. The number of carbonyl (C=O) groups excluding carboxylic acids is 1. The van der Waals surface area contributed by atoms with E-state index in [2.05, 4.69) is 0 Å². The summed E-state index contributed by atoms with van der Waals surface area (Å²) in [7, 11) is 3.26. The Morgan fingerprint density at radius 3 is 2.74 bits per heavy atom. The molecule has 0 aliphatic carbocycles. The average Bonchev–Trinajstić information content (AvgIpc) is 2.59. The summed E-state index contributed by atoms with van der Waals surface area (Å²) in [5, 5.41) is 0. The molecule has 0 bridgehead atoms. The number of carbonyl (C=O) groups is 1. The lowest BCUT2D eigenvalue weighted by Gasteiger charge is -2.33. The Morgan fingerprint density at radius 1 is 1.35 bits per heavy atom. The second kappa shape index (κ2) is 8.20. The molecule has 2 atom stereocenters. The molecule has 1 aromatic rings. The van der Waals surface area contributed by atoms with Gasteiger partial charge in [-0.2, -0.15) is 0 Å². The van der Waals surface area contributed by atoms with Gasteiger partial charge in [-0.15, -0.1) is 0 Å². The van der Waals surface area contributed by atoms with Gasteiger partial charge in [0.25, 0.3) is 0 Å². The highest BCUT2D eigenvalue weighted by molar-refractivity contribution is 5.79. The molecule has 23 heavy (non-hydrogen) atoms. The van der Waals surface area contributed by atoms with E-state index in [0.29, 0.717) is 13.1 Å². The lowest BCUT2D eigenvalue weighted by molar-refractivity contribution is -0.144. The maximum Gasteiger partial charge on any atom is 0.228 e. The molecule has 0 spiro atoms. The molecule has 5 heteroatoms. The second-order valence-corrected chi connectivity index (χ2v) is 5.85. The first-order chi connectivity index (χ1) is 11.1. The van der Waals surface area contributed by atoms with Crippen LogP contribution < -0.4 is 9.47 Å². The first-order valence-corrected chi connectivity index (χ1v) is 8.22. The molecule has 1 aliphatic rings. The normalized spacial score (nSPS) is 20.9. The minimum Gasteiger partial charge on any atom is -0.497 e. The van der Waals surface area contributed by atoms with Crippen LogP contribution in [-0.2, 0) is 16.1 Å². The molecule has 0 saturated carbocycles. The number of benzene rings is 1. The number of nitrogens with zero attached hydrogens (tertiary/aromatic N) is 1. The molecule has 128 valence electrons. The number of rotatable bonds is 6. The Kier molecular flexibility index (Phi) is 6.28. The van der Waals surface area contributed by atoms with E-state index in [4.69, 9.17) is 14.2 Å². The van der Waals surface area contributed by atoms with Gasteiger partial charge in [0.1, 0.15) is 11.5 Å². The van der Waals surface area contributed by atoms with Gasteiger partial charge in [0.05, 0.1) is 26.2 Å². The third-order valence-corrected chi connectivity index (χ3v) is 4.47. The Bertz CT molecular complexity index is 532. The van der Waals surface area contributed by atoms with Gasteiger partial charge in [0.15, 0.2) is 0 Å². The Hall–Kier alpha value is -1.75. The van der Waals surface area contributed by atoms with Gasteiger partial charge in [-0.05, 0) is 38.8 Å². The maximum atomic E-state index is 12.8. The lowest BCUT2D eigenvalue weighted by atomic mass is 9.93. The first kappa shape index (κ1) is 17.6. The molecule has 1 aromatic carbocycles. The topological polar surface area (TPSA) is 48.0 Å². The van der Waals surface area contributed by atoms with E-state index in [9.17, 15) is 4.79 Å². The Morgan fingerprint density at radius 2 is 2.13 bits per heavy atom. The number of methoxy groups -OCH3 is 2. The summed E-state index contributed by atoms with van der Waals surface area (Å²) in [6.07, 6.45) is 1.84. The van der Waals surface area contributed by atoms with Crippen molar-refractivity contribution in [3.8, 4) is 11.5 Å². The number of amides is 1. The zero-order valence-electron chi connectivity index (χ0n) is 14.5. The van der Waals surface area contributed by atoms with Crippen molar-refractivity contribution in [2.45, 2.75) is 39.3 Å². The fourth-order valence-corrected chi connectivity index (χ4v) is 3.02. The quantitative estimate of drug-likeness (QED) is 0.808. The fourth-order valence-electron chi connectivity index (χ4n) is 3.02. The highest BCUT2D eigenvalue weighted by Gasteiger charge is 2.31. The van der Waals surface area contributed by atoms with Crippen LogP contribution in [-0.4, -0.2) is 44.3 Å². The molecule has 1 aliphatic heterocycles. The van der Waals surface area contributed by atoms with Crippen LogP contribution in [0.4, 0.5) is 0 Å². The minimum atomic E-state index is -0.0482. The predicted octanol–water partition coefficient (Wildman–Crippen LogP) is 2.87. The average molecular weight is 321 g/mol. The molecule has 0 unspecified atom stereocenters. The summed E-state index contributed by atoms with van der Waals surface area (Å²) < 4.78 is 16.3. The summed E-state index contributed by atoms with van der Waals surface area (Å²) >= 11 is 0. The first-order valence-electron chi connectivity index (χ1n) is 8.22. The summed E-state index contributed by atoms with van der Waals surface area (Å²) in [5.41, 5.74) is 0.980. The van der Waals surface area contributed by atoms with Gasteiger partial charge in [-0.3, -0.25) is 4.79 Å². The van der Waals surface area contributed by atoms with E-state index < -0.39 is 0 Å². The van der Waals surface area contributed by atoms with Gasteiger partial charge in [0, 0.05) is 31.3 Å². The number of hydrogen-bond acceptors (Lipinski definition) is 4. The third kappa shape index (κ3) is 4.16. The molecule has 0 aromatic heterocycles. The van der Waals surface area contributed by atoms with Crippen molar-refractivity contribution in [3.63, 3.8) is 0 Å². The monoisotopic (exact) mass is 321 g/mol. The van der Waals surface area contributed by atoms with Gasteiger partial charge >= 0.3 is 0 Å². The summed E-state index contributed by atoms with van der Waals surface area (Å²) in [6, 6.07) is 5.69. The summed E-state index contributed by atoms with van der Waals surface area (Å²) in [4.78, 5) is 14.7. The van der Waals surface area contributed by atoms with E-state index in [1.165, 1.54) is 0 Å². The van der Waals surface area contributed by atoms with Gasteiger partial charge in [-0.1, -0.05) is 0 Å². The molecule has 1 heterocycles. The molecule has 1 fully saturated rings. The van der Waals surface area contributed by atoms with Crippen LogP contribution in [0.2, 0.25) is 0 Å². The molecule has 0 N–H and O–H groups in total. The largest absolute Gasteiger partial charge is 0.497 e. The van der Waals surface area contributed by atoms with Crippen LogP contribution >= 0.6 is 0 Å². The highest BCUT2D eigenvalue weighted by atomic mass is 16.5. The van der Waals surface area contributed by atoms with Crippen LogP contribution in [0.5, 0.6) is 11.5 Å². The van der Waals surface area contributed by atoms with Crippen LogP contribution in [0.25, 0.3) is 0 Å². The van der Waals surface area contributed by atoms with Crippen molar-refractivity contribution in [1.29, 1.82) is 0 Å². The third-order valence-electron chi connectivity index (χ3n) is 4.47. The van der Waals surface area contributed by atoms with E-state index in [1.807, 2.05) is 36.9 Å². The van der Waals surface area contributed by atoms with Crippen molar-refractivity contribution in [2.24, 2.45) is 5.92 Å². The molecular formula is C18H27NO4. The zero-order valence-corrected chi connectivity index (χ0v) is 14.5. The van der Waals surface area contributed by atoms with Gasteiger partial charge < -0.3 is 19.1 Å². The smallest absolute Gasteiger partial charge is 0.228 e. The van der Waals surface area contributed by atoms with E-state index in [1.54, 1.807) is 14.2 Å². The minimum absolute atomic E-state index is 0.0111. The molecule has 0 radical (unpaired) electrons. The van der Waals surface area contributed by atoms with E-state index in [0.717, 1.165) is 36.5 Å². The molecule has 1 saturated heterocycles. The maximum absolute atomic E-state index is 12.8. The standard InChI is InChI=1S/C18H27NO4/c1-5-19(18(20)16-7-6-10-23-13(16)2)12-14-8-9-15(21-3)11-17(14)22-4/h8-9,11,13,16H,5-7,10,12H2,1-4H3/t13-,16-/m1/s1. The van der Waals surface area contributed by atoms with Crippen molar-refractivity contribution in [1.82, 2.24) is 4.90 Å². The summed E-state index contributed by atoms with van der Waals surface area (Å²) in [5.74, 6) is 1.60. The molecular weight excluding hydrogens is 294 g/mol. The van der Waals surface area contributed by atoms with Crippen LogP contribution in [0.15, 0.2) is 18.2 Å². The molecule has 1 amide bonds. The van der Waals surface area contributed by atoms with Crippen molar-refractivity contribution < 1.29 is 19.0 Å². The Balaban J connectivity index is 2.14. The second-order valence-electron chi connectivity index (χ2n) is 5.85. The van der Waals surface area contributed by atoms with Crippen LogP contribution in [0, 0.1) is 5.92 Å². The molecule has 2 rings (SSSR count). The Labute approximate surface area is 138 Å². The highest BCUT2D eigenvalue weighted by Crippen LogP contribution is 2.28. The van der Waals surface area contributed by atoms with Crippen molar-refractivity contribution in [3.05, 3.63) is 23.8 Å². The predicted molar refractivity (Wildman–Crippen MR) is 88.8 cm³/mol. The van der Waals surface area contributed by atoms with Crippen molar-refractivity contribution >= 4 is 5.91 Å². The lowest BCUT2D eigenvalue weighted by Crippen LogP contribution is -2.42. The number of hydrogen-bond donors (Lipinski definition) is 0. The van der Waals surface area contributed by atoms with Crippen LogP contribution in [0.1, 0.15) is 32.3 Å². The van der Waals surface area contributed by atoms with Crippen LogP contribution in [0.3, 0.4) is 0 Å². The van der Waals surface area contributed by atoms with E-state index >= 15 is 0 Å². The van der Waals surface area contributed by atoms with E-state index in [-0.39, 0.29) is 17.9 Å². The zero-order chi connectivity index (χ0) is 16.8. The SMILES string of the molecule is CCN(Cc1ccc(OC)cc1OC)C(=O)[C@@H]1CCCO[C@@H]1C. The van der Waals surface area contributed by atoms with Gasteiger partial charge in [0.2, 0.25) is 5.91 Å². The van der Waals surface area contributed by atoms with Crippen molar-refractivity contribution in [2.75, 3.05) is 27.4 Å². The van der Waals surface area contributed by atoms with Gasteiger partial charge in [-0.25, -0.2) is 0 Å². The number of ether oxygens (including phenoxy) is 3. The summed E-state index contributed by atoms with van der Waals surface area (Å²) in [6.45, 7) is 5.94.